The Bertz CT molecular complexity index is 1730. The molecule has 0 saturated carbocycles. The average molecular weight is 761 g/mol. The van der Waals surface area contributed by atoms with E-state index in [0.29, 0.717) is 46.0 Å². The minimum absolute atomic E-state index is 0.176. The maximum atomic E-state index is 6.83. The van der Waals surface area contributed by atoms with Crippen molar-refractivity contribution in [2.75, 3.05) is 56.9 Å². The third-order valence-electron chi connectivity index (χ3n) is 10.6. The van der Waals surface area contributed by atoms with Crippen LogP contribution in [0.3, 0.4) is 0 Å². The zero-order chi connectivity index (χ0) is 39.8. The average Bonchev–Trinajstić information content (AvgIpc) is 3.51. The van der Waals surface area contributed by atoms with Gasteiger partial charge < -0.3 is 52.1 Å². The predicted octanol–water partition coefficient (Wildman–Crippen LogP) is 9.13. The van der Waals surface area contributed by atoms with Crippen LogP contribution in [-0.4, -0.2) is 69.1 Å². The van der Waals surface area contributed by atoms with E-state index in [1.807, 2.05) is 86.6 Å². The van der Waals surface area contributed by atoms with Crippen molar-refractivity contribution in [3.05, 3.63) is 95.1 Å². The van der Waals surface area contributed by atoms with Crippen molar-refractivity contribution >= 4 is 0 Å². The summed E-state index contributed by atoms with van der Waals surface area (Å²) in [6.45, 7) is 8.37. The van der Waals surface area contributed by atoms with E-state index in [2.05, 4.69) is 13.8 Å². The molecule has 0 N–H and O–H groups in total. The maximum absolute atomic E-state index is 6.83. The van der Waals surface area contributed by atoms with Crippen molar-refractivity contribution in [2.45, 2.75) is 64.3 Å². The molecule has 11 heteroatoms. The van der Waals surface area contributed by atoms with E-state index in [4.69, 9.17) is 52.1 Å². The summed E-state index contributed by atoms with van der Waals surface area (Å²) in [5.41, 5.74) is 3.80. The molecule has 8 atom stereocenters. The lowest BCUT2D eigenvalue weighted by Gasteiger charge is -2.26. The highest BCUT2D eigenvalue weighted by Gasteiger charge is 2.41. The number of rotatable bonds is 18. The molecule has 298 valence electrons. The second kappa shape index (κ2) is 18.7. The van der Waals surface area contributed by atoms with Gasteiger partial charge in [-0.25, -0.2) is 0 Å². The van der Waals surface area contributed by atoms with Crippen LogP contribution in [-0.2, 0) is 14.2 Å². The molecule has 1 fully saturated rings. The van der Waals surface area contributed by atoms with E-state index in [9.17, 15) is 0 Å². The van der Waals surface area contributed by atoms with E-state index in [1.54, 1.807) is 56.9 Å². The molecule has 1 heterocycles. The summed E-state index contributed by atoms with van der Waals surface area (Å²) < 4.78 is 65.0. The summed E-state index contributed by atoms with van der Waals surface area (Å²) in [7, 11) is 13.0. The van der Waals surface area contributed by atoms with Gasteiger partial charge in [-0.15, -0.1) is 0 Å². The van der Waals surface area contributed by atoms with Gasteiger partial charge in [-0.1, -0.05) is 38.1 Å². The fourth-order valence-corrected chi connectivity index (χ4v) is 7.42. The lowest BCUT2D eigenvalue weighted by atomic mass is 9.85. The predicted molar refractivity (Wildman–Crippen MR) is 210 cm³/mol. The first-order valence-electron chi connectivity index (χ1n) is 18.4. The van der Waals surface area contributed by atoms with Gasteiger partial charge in [-0.2, -0.15) is 0 Å². The van der Waals surface area contributed by atoms with Crippen LogP contribution in [0.4, 0.5) is 0 Å². The quantitative estimate of drug-likeness (QED) is 0.0971. The van der Waals surface area contributed by atoms with Gasteiger partial charge in [-0.05, 0) is 96.5 Å². The molecule has 0 radical (unpaired) electrons. The van der Waals surface area contributed by atoms with E-state index < -0.39 is 0 Å². The van der Waals surface area contributed by atoms with E-state index >= 15 is 0 Å². The summed E-state index contributed by atoms with van der Waals surface area (Å²) in [6, 6.07) is 23.4. The molecule has 0 aromatic heterocycles. The minimum Gasteiger partial charge on any atom is -0.493 e. The topological polar surface area (TPSA) is 102 Å². The summed E-state index contributed by atoms with van der Waals surface area (Å²) in [5, 5.41) is 0. The Hall–Kier alpha value is -4.84. The van der Waals surface area contributed by atoms with Gasteiger partial charge in [0, 0.05) is 14.2 Å². The van der Waals surface area contributed by atoms with Crippen LogP contribution in [0.25, 0.3) is 0 Å². The molecule has 0 bridgehead atoms. The highest BCUT2D eigenvalue weighted by atomic mass is 16.6. The van der Waals surface area contributed by atoms with Gasteiger partial charge in [0.1, 0.15) is 24.4 Å². The third-order valence-corrected chi connectivity index (χ3v) is 10.6. The number of hydrogen-bond donors (Lipinski definition) is 0. The molecule has 4 aromatic rings. The van der Waals surface area contributed by atoms with Crippen LogP contribution in [0.15, 0.2) is 72.8 Å². The first kappa shape index (κ1) is 41.3. The largest absolute Gasteiger partial charge is 0.493 e. The summed E-state index contributed by atoms with van der Waals surface area (Å²) >= 11 is 0. The highest BCUT2D eigenvalue weighted by molar-refractivity contribution is 5.48. The first-order chi connectivity index (χ1) is 26.5. The Morgan fingerprint density at radius 2 is 0.745 bits per heavy atom. The smallest absolute Gasteiger partial charge is 0.161 e. The summed E-state index contributed by atoms with van der Waals surface area (Å²) in [5.74, 6) is 5.36. The van der Waals surface area contributed by atoms with Gasteiger partial charge >= 0.3 is 0 Å². The van der Waals surface area contributed by atoms with Gasteiger partial charge in [0.2, 0.25) is 0 Å². The monoisotopic (exact) mass is 760 g/mol. The highest BCUT2D eigenvalue weighted by Crippen LogP contribution is 2.51. The molecule has 55 heavy (non-hydrogen) atoms. The molecule has 1 aliphatic rings. The van der Waals surface area contributed by atoms with Crippen molar-refractivity contribution in [1.29, 1.82) is 0 Å². The minimum atomic E-state index is -0.375. The standard InChI is InChI=1S/C44H56O11/c1-25-26(2)42(30-16-20-36(40(22-30)50-10)54-28(4)44(52-12)32-14-18-34(46-6)38(24-32)48-8)55-41(25)29-15-19-35(39(21-29)49-9)53-27(3)43(51-11)31-13-17-33(45-5)37(23-31)47-7/h13-28,41-44H,1-12H3/t25-,26?,27?,28-,41?,42?,43?,44+/m1/s1. The second-order valence-corrected chi connectivity index (χ2v) is 13.7. The Morgan fingerprint density at radius 1 is 0.418 bits per heavy atom. The SMILES string of the molecule is COc1ccc(C(OC)C(C)Oc2ccc(C3OC(c4ccc(O[C@H](C)[C@H](OC)c5ccc(OC)c(OC)c5)c(OC)c4)C(C)[C@H]3C)cc2OC)cc1OC. The zero-order valence-corrected chi connectivity index (χ0v) is 34.0. The Labute approximate surface area is 325 Å². The van der Waals surface area contributed by atoms with E-state index in [1.165, 1.54) is 0 Å². The molecule has 5 unspecified atom stereocenters. The lowest BCUT2D eigenvalue weighted by molar-refractivity contribution is 0.00798. The molecular formula is C44H56O11. The third kappa shape index (κ3) is 8.85. The molecule has 0 amide bonds. The lowest BCUT2D eigenvalue weighted by Crippen LogP contribution is -2.24. The normalized spacial score (nSPS) is 20.1. The molecule has 0 aliphatic carbocycles. The van der Waals surface area contributed by atoms with E-state index in [0.717, 1.165) is 22.3 Å². The summed E-state index contributed by atoms with van der Waals surface area (Å²) in [6.07, 6.45) is -1.82. The van der Waals surface area contributed by atoms with E-state index in [-0.39, 0.29) is 48.5 Å². The van der Waals surface area contributed by atoms with Crippen molar-refractivity contribution in [3.63, 3.8) is 0 Å². The van der Waals surface area contributed by atoms with Crippen molar-refractivity contribution in [1.82, 2.24) is 0 Å². The number of benzene rings is 4. The van der Waals surface area contributed by atoms with Crippen molar-refractivity contribution < 1.29 is 52.1 Å². The number of ether oxygens (including phenoxy) is 11. The van der Waals surface area contributed by atoms with Crippen LogP contribution in [0.2, 0.25) is 0 Å². The number of hydrogen-bond acceptors (Lipinski definition) is 11. The zero-order valence-electron chi connectivity index (χ0n) is 34.0. The molecule has 5 rings (SSSR count). The van der Waals surface area contributed by atoms with Gasteiger partial charge in [-0.3, -0.25) is 0 Å². The molecular weight excluding hydrogens is 704 g/mol. The first-order valence-corrected chi connectivity index (χ1v) is 18.4. The van der Waals surface area contributed by atoms with Crippen LogP contribution >= 0.6 is 0 Å². The second-order valence-electron chi connectivity index (χ2n) is 13.7. The number of methoxy groups -OCH3 is 8. The Morgan fingerprint density at radius 3 is 1.07 bits per heavy atom. The van der Waals surface area contributed by atoms with Crippen molar-refractivity contribution in [3.8, 4) is 46.0 Å². The van der Waals surface area contributed by atoms with Crippen molar-refractivity contribution in [2.24, 2.45) is 11.8 Å². The molecule has 1 aliphatic heterocycles. The fraction of sp³-hybridized carbons (Fsp3) is 0.455. The van der Waals surface area contributed by atoms with Gasteiger partial charge in [0.05, 0.1) is 54.9 Å². The molecule has 11 nitrogen and oxygen atoms in total. The van der Waals surface area contributed by atoms with Crippen LogP contribution < -0.4 is 37.9 Å². The molecule has 4 aromatic carbocycles. The van der Waals surface area contributed by atoms with Gasteiger partial charge in [0.15, 0.2) is 46.0 Å². The maximum Gasteiger partial charge on any atom is 0.161 e. The summed E-state index contributed by atoms with van der Waals surface area (Å²) in [4.78, 5) is 0. The van der Waals surface area contributed by atoms with Gasteiger partial charge in [0.25, 0.3) is 0 Å². The van der Waals surface area contributed by atoms with Crippen LogP contribution in [0.5, 0.6) is 46.0 Å². The van der Waals surface area contributed by atoms with Crippen LogP contribution in [0.1, 0.15) is 74.4 Å². The Balaban J connectivity index is 1.31. The molecule has 0 spiro atoms. The Kier molecular flexibility index (Phi) is 14.0. The molecule has 1 saturated heterocycles. The fourth-order valence-electron chi connectivity index (χ4n) is 7.42. The van der Waals surface area contributed by atoms with Crippen LogP contribution in [0, 0.1) is 11.8 Å².